The molecular formula is C19H20N4O. The Morgan fingerprint density at radius 3 is 2.96 bits per heavy atom. The Morgan fingerprint density at radius 2 is 2.08 bits per heavy atom. The highest BCUT2D eigenvalue weighted by Crippen LogP contribution is 2.20. The van der Waals surface area contributed by atoms with E-state index in [1.54, 1.807) is 6.20 Å². The van der Waals surface area contributed by atoms with Gasteiger partial charge in [0.2, 0.25) is 0 Å². The number of nitrogens with zero attached hydrogens (tertiary/aromatic N) is 2. The molecule has 1 aromatic carbocycles. The molecule has 1 atom stereocenters. The molecule has 2 aromatic heterocycles. The van der Waals surface area contributed by atoms with Crippen molar-refractivity contribution in [2.24, 2.45) is 0 Å². The van der Waals surface area contributed by atoms with Gasteiger partial charge in [-0.25, -0.2) is 0 Å². The fraction of sp³-hybridized carbons (Fsp3) is 0.263. The molecule has 1 fully saturated rings. The average Bonchev–Trinajstić information content (AvgIpc) is 3.03. The number of aromatic nitrogens is 2. The van der Waals surface area contributed by atoms with Gasteiger partial charge in [0.05, 0.1) is 0 Å². The van der Waals surface area contributed by atoms with Crippen molar-refractivity contribution in [1.82, 2.24) is 14.9 Å². The summed E-state index contributed by atoms with van der Waals surface area (Å²) in [5, 5.41) is 5.30. The fourth-order valence-corrected chi connectivity index (χ4v) is 3.36. The number of anilines is 1. The van der Waals surface area contributed by atoms with E-state index in [9.17, 15) is 4.79 Å². The lowest BCUT2D eigenvalue weighted by molar-refractivity contribution is 0.328. The Balaban J connectivity index is 1.42. The van der Waals surface area contributed by atoms with E-state index in [0.717, 1.165) is 42.5 Å². The molecule has 24 heavy (non-hydrogen) atoms. The van der Waals surface area contributed by atoms with Gasteiger partial charge in [-0.2, -0.15) is 0 Å². The summed E-state index contributed by atoms with van der Waals surface area (Å²) in [6.45, 7) is 3.08. The summed E-state index contributed by atoms with van der Waals surface area (Å²) in [6.07, 6.45) is 6.51. The Hall–Kier alpha value is -2.66. The standard InChI is InChI=1S/C19H20N4O/c24-19-18-2-1-16(11-15(18)5-9-21-19)22-17-6-10-23(13-17)12-14-3-7-20-8-4-14/h1-5,7-9,11,17,22H,6,10,12-13H2,(H,21,24). The minimum Gasteiger partial charge on any atom is -0.381 e. The van der Waals surface area contributed by atoms with E-state index >= 15 is 0 Å². The highest BCUT2D eigenvalue weighted by molar-refractivity contribution is 5.84. The fourth-order valence-electron chi connectivity index (χ4n) is 3.36. The van der Waals surface area contributed by atoms with Crippen molar-refractivity contribution in [1.29, 1.82) is 0 Å². The van der Waals surface area contributed by atoms with Gasteiger partial charge in [-0.1, -0.05) is 0 Å². The van der Waals surface area contributed by atoms with Crippen molar-refractivity contribution >= 4 is 16.5 Å². The number of hydrogen-bond donors (Lipinski definition) is 2. The molecule has 0 amide bonds. The summed E-state index contributed by atoms with van der Waals surface area (Å²) in [6, 6.07) is 12.4. The molecule has 1 saturated heterocycles. The first-order chi connectivity index (χ1) is 11.8. The summed E-state index contributed by atoms with van der Waals surface area (Å²) in [5.74, 6) is 0. The predicted molar refractivity (Wildman–Crippen MR) is 96.1 cm³/mol. The molecule has 3 aromatic rings. The van der Waals surface area contributed by atoms with Crippen LogP contribution in [0.5, 0.6) is 0 Å². The van der Waals surface area contributed by atoms with Gasteiger partial charge < -0.3 is 10.3 Å². The topological polar surface area (TPSA) is 61.0 Å². The SMILES string of the molecule is O=c1[nH]ccc2cc(NC3CCN(Cc4ccncc4)C3)ccc12. The number of fused-ring (bicyclic) bond motifs is 1. The van der Waals surface area contributed by atoms with Crippen LogP contribution in [0.2, 0.25) is 0 Å². The molecule has 1 unspecified atom stereocenters. The highest BCUT2D eigenvalue weighted by Gasteiger charge is 2.22. The molecule has 2 N–H and O–H groups in total. The number of H-pyrrole nitrogens is 1. The minimum absolute atomic E-state index is 0.0385. The van der Waals surface area contributed by atoms with Crippen molar-refractivity contribution in [2.45, 2.75) is 19.0 Å². The lowest BCUT2D eigenvalue weighted by Gasteiger charge is -2.17. The number of nitrogens with one attached hydrogen (secondary N) is 2. The molecule has 0 saturated carbocycles. The smallest absolute Gasteiger partial charge is 0.255 e. The average molecular weight is 320 g/mol. The van der Waals surface area contributed by atoms with Gasteiger partial charge in [-0.15, -0.1) is 0 Å². The van der Waals surface area contributed by atoms with Crippen LogP contribution in [0.3, 0.4) is 0 Å². The van der Waals surface area contributed by atoms with Crippen LogP contribution in [-0.2, 0) is 6.54 Å². The summed E-state index contributed by atoms with van der Waals surface area (Å²) >= 11 is 0. The number of rotatable bonds is 4. The molecule has 4 rings (SSSR count). The third kappa shape index (κ3) is 3.16. The van der Waals surface area contributed by atoms with E-state index in [1.807, 2.05) is 30.6 Å². The lowest BCUT2D eigenvalue weighted by Crippen LogP contribution is -2.26. The van der Waals surface area contributed by atoms with E-state index in [2.05, 4.69) is 38.4 Å². The molecular weight excluding hydrogens is 300 g/mol. The van der Waals surface area contributed by atoms with Gasteiger partial charge in [0.1, 0.15) is 0 Å². The van der Waals surface area contributed by atoms with Crippen LogP contribution in [0.4, 0.5) is 5.69 Å². The molecule has 0 radical (unpaired) electrons. The highest BCUT2D eigenvalue weighted by atomic mass is 16.1. The third-order valence-electron chi connectivity index (χ3n) is 4.57. The predicted octanol–water partition coefficient (Wildman–Crippen LogP) is 2.61. The molecule has 3 heterocycles. The zero-order valence-corrected chi connectivity index (χ0v) is 13.4. The number of pyridine rings is 2. The molecule has 1 aliphatic heterocycles. The van der Waals surface area contributed by atoms with Crippen LogP contribution in [0.1, 0.15) is 12.0 Å². The monoisotopic (exact) mass is 320 g/mol. The van der Waals surface area contributed by atoms with Gasteiger partial charge in [-0.3, -0.25) is 14.7 Å². The van der Waals surface area contributed by atoms with Crippen LogP contribution < -0.4 is 10.9 Å². The second-order valence-electron chi connectivity index (χ2n) is 6.33. The van der Waals surface area contributed by atoms with Gasteiger partial charge in [0, 0.05) is 55.3 Å². The Bertz CT molecular complexity index is 891. The second kappa shape index (κ2) is 6.45. The number of hydrogen-bond acceptors (Lipinski definition) is 4. The van der Waals surface area contributed by atoms with E-state index in [4.69, 9.17) is 0 Å². The molecule has 0 bridgehead atoms. The first-order valence-corrected chi connectivity index (χ1v) is 8.27. The minimum atomic E-state index is -0.0385. The molecule has 122 valence electrons. The van der Waals surface area contributed by atoms with Crippen LogP contribution in [0.15, 0.2) is 59.8 Å². The van der Waals surface area contributed by atoms with Crippen molar-refractivity contribution in [2.75, 3.05) is 18.4 Å². The van der Waals surface area contributed by atoms with E-state index in [0.29, 0.717) is 6.04 Å². The summed E-state index contributed by atoms with van der Waals surface area (Å²) in [5.41, 5.74) is 2.34. The van der Waals surface area contributed by atoms with Gasteiger partial charge >= 0.3 is 0 Å². The van der Waals surface area contributed by atoms with E-state index in [-0.39, 0.29) is 5.56 Å². The Labute approximate surface area is 140 Å². The lowest BCUT2D eigenvalue weighted by atomic mass is 10.1. The maximum Gasteiger partial charge on any atom is 0.255 e. The van der Waals surface area contributed by atoms with Crippen molar-refractivity contribution in [3.63, 3.8) is 0 Å². The quantitative estimate of drug-likeness (QED) is 0.776. The van der Waals surface area contributed by atoms with Crippen LogP contribution in [-0.4, -0.2) is 34.0 Å². The maximum atomic E-state index is 11.8. The van der Waals surface area contributed by atoms with Gasteiger partial charge in [0.15, 0.2) is 0 Å². The summed E-state index contributed by atoms with van der Waals surface area (Å²) in [4.78, 5) is 21.0. The van der Waals surface area contributed by atoms with E-state index < -0.39 is 0 Å². The zero-order chi connectivity index (χ0) is 16.4. The second-order valence-corrected chi connectivity index (χ2v) is 6.33. The Morgan fingerprint density at radius 1 is 1.21 bits per heavy atom. The van der Waals surface area contributed by atoms with Crippen LogP contribution in [0, 0.1) is 0 Å². The van der Waals surface area contributed by atoms with Crippen molar-refractivity contribution < 1.29 is 0 Å². The number of likely N-dealkylation sites (tertiary alicyclic amines) is 1. The molecule has 0 spiro atoms. The van der Waals surface area contributed by atoms with Gasteiger partial charge in [0.25, 0.3) is 5.56 Å². The first-order valence-electron chi connectivity index (χ1n) is 8.27. The van der Waals surface area contributed by atoms with Gasteiger partial charge in [-0.05, 0) is 53.8 Å². The molecule has 1 aliphatic rings. The third-order valence-corrected chi connectivity index (χ3v) is 4.57. The molecule has 0 aliphatic carbocycles. The maximum absolute atomic E-state index is 11.8. The Kier molecular flexibility index (Phi) is 4.01. The largest absolute Gasteiger partial charge is 0.381 e. The number of benzene rings is 1. The van der Waals surface area contributed by atoms with Crippen molar-refractivity contribution in [3.05, 3.63) is 70.9 Å². The normalized spacial score (nSPS) is 18.1. The number of aromatic amines is 1. The van der Waals surface area contributed by atoms with Crippen molar-refractivity contribution in [3.8, 4) is 0 Å². The molecule has 5 heteroatoms. The summed E-state index contributed by atoms with van der Waals surface area (Å²) < 4.78 is 0. The van der Waals surface area contributed by atoms with Crippen LogP contribution in [0.25, 0.3) is 10.8 Å². The molecule has 5 nitrogen and oxygen atoms in total. The zero-order valence-electron chi connectivity index (χ0n) is 13.4. The first kappa shape index (κ1) is 14.9. The summed E-state index contributed by atoms with van der Waals surface area (Å²) in [7, 11) is 0. The van der Waals surface area contributed by atoms with E-state index in [1.165, 1.54) is 5.56 Å². The van der Waals surface area contributed by atoms with Crippen LogP contribution >= 0.6 is 0 Å².